The molecule has 64 valence electrons. The molecule has 0 aliphatic heterocycles. The van der Waals surface area contributed by atoms with Crippen LogP contribution in [0.1, 0.15) is 34.6 Å². The Morgan fingerprint density at radius 3 is 1.30 bits per heavy atom. The van der Waals surface area contributed by atoms with Gasteiger partial charge in [-0.15, -0.1) is 0 Å². The molecule has 0 aliphatic carbocycles. The van der Waals surface area contributed by atoms with Gasteiger partial charge in [-0.3, -0.25) is 0 Å². The van der Waals surface area contributed by atoms with Crippen LogP contribution in [-0.4, -0.2) is 23.8 Å². The summed E-state index contributed by atoms with van der Waals surface area (Å²) in [4.78, 5) is 0. The molecule has 10 heavy (non-hydrogen) atoms. The zero-order valence-corrected chi connectivity index (χ0v) is 7.81. The third-order valence-electron chi connectivity index (χ3n) is 0.667. The maximum Gasteiger partial charge on any atom is 0.0402 e. The van der Waals surface area contributed by atoms with Gasteiger partial charge in [-0.25, -0.2) is 0 Å². The lowest BCUT2D eigenvalue weighted by Crippen LogP contribution is -2.29. The van der Waals surface area contributed by atoms with Gasteiger partial charge in [0.2, 0.25) is 0 Å². The van der Waals surface area contributed by atoms with Crippen LogP contribution in [0, 0.1) is 0 Å². The van der Waals surface area contributed by atoms with Gasteiger partial charge in [0.1, 0.15) is 0 Å². The van der Waals surface area contributed by atoms with Gasteiger partial charge in [0.25, 0.3) is 0 Å². The Kier molecular flexibility index (Phi) is 11.2. The Morgan fingerprint density at radius 1 is 1.10 bits per heavy atom. The first kappa shape index (κ1) is 12.6. The van der Waals surface area contributed by atoms with Crippen LogP contribution in [0.25, 0.3) is 0 Å². The summed E-state index contributed by atoms with van der Waals surface area (Å²) in [6.07, 6.45) is 0. The van der Waals surface area contributed by atoms with Gasteiger partial charge in [0.15, 0.2) is 0 Å². The maximum absolute atomic E-state index is 7.57. The number of aliphatic hydroxyl groups is 1. The number of hydrogen-bond donors (Lipinski definition) is 2. The first-order valence-electron chi connectivity index (χ1n) is 3.91. The molecule has 0 fully saturated rings. The van der Waals surface area contributed by atoms with Gasteiger partial charge in [-0.05, 0) is 6.92 Å². The lowest BCUT2D eigenvalue weighted by molar-refractivity contribution is 0.318. The molecule has 0 aromatic rings. The molecule has 0 atom stereocenters. The van der Waals surface area contributed by atoms with Crippen molar-refractivity contribution in [3.05, 3.63) is 0 Å². The van der Waals surface area contributed by atoms with E-state index in [1.807, 2.05) is 0 Å². The number of hydrogen-bond acceptors (Lipinski definition) is 2. The lowest BCUT2D eigenvalue weighted by Gasteiger charge is -2.10. The van der Waals surface area contributed by atoms with Gasteiger partial charge in [-0.2, -0.15) is 0 Å². The monoisotopic (exact) mass is 147 g/mol. The highest BCUT2D eigenvalue weighted by molar-refractivity contribution is 4.55. The van der Waals surface area contributed by atoms with Gasteiger partial charge in [0, 0.05) is 18.7 Å². The minimum atomic E-state index is 0.250. The average Bonchev–Trinajstić information content (AvgIpc) is 1.62. The standard InChI is InChI=1S/C6H15N.C2H6O/c1-5(2)7-6(3)4;1-2-3/h5-7H,1-4H3;3H,2H2,1H3. The molecule has 2 nitrogen and oxygen atoms in total. The summed E-state index contributed by atoms with van der Waals surface area (Å²) < 4.78 is 0. The van der Waals surface area contributed by atoms with Crippen LogP contribution in [0.4, 0.5) is 0 Å². The molecule has 2 heteroatoms. The lowest BCUT2D eigenvalue weighted by atomic mass is 10.3. The quantitative estimate of drug-likeness (QED) is 0.618. The number of rotatable bonds is 2. The van der Waals surface area contributed by atoms with Crippen LogP contribution < -0.4 is 5.32 Å². The van der Waals surface area contributed by atoms with Crippen LogP contribution in [0.15, 0.2) is 0 Å². The molecule has 0 heterocycles. The predicted octanol–water partition coefficient (Wildman–Crippen LogP) is 1.39. The van der Waals surface area contributed by atoms with Crippen molar-refractivity contribution < 1.29 is 5.11 Å². The summed E-state index contributed by atoms with van der Waals surface area (Å²) in [5.41, 5.74) is 0. The second-order valence-corrected chi connectivity index (χ2v) is 2.79. The van der Waals surface area contributed by atoms with E-state index < -0.39 is 0 Å². The minimum absolute atomic E-state index is 0.250. The molecular weight excluding hydrogens is 126 g/mol. The molecule has 0 amide bonds. The predicted molar refractivity (Wildman–Crippen MR) is 46.2 cm³/mol. The van der Waals surface area contributed by atoms with Gasteiger partial charge < -0.3 is 10.4 Å². The Balaban J connectivity index is 0. The van der Waals surface area contributed by atoms with E-state index in [0.717, 1.165) is 0 Å². The summed E-state index contributed by atoms with van der Waals surface area (Å²) in [7, 11) is 0. The molecule has 2 N–H and O–H groups in total. The SMILES string of the molecule is CC(C)NC(C)C.CCO. The second-order valence-electron chi connectivity index (χ2n) is 2.79. The van der Waals surface area contributed by atoms with Crippen LogP contribution in [0.2, 0.25) is 0 Å². The summed E-state index contributed by atoms with van der Waals surface area (Å²) in [6.45, 7) is 10.5. The smallest absolute Gasteiger partial charge is 0.0402 e. The van der Waals surface area contributed by atoms with Crippen molar-refractivity contribution in [2.24, 2.45) is 0 Å². The molecular formula is C8H21NO. The summed E-state index contributed by atoms with van der Waals surface area (Å²) in [5.74, 6) is 0. The second kappa shape index (κ2) is 8.92. The van der Waals surface area contributed by atoms with Crippen molar-refractivity contribution in [3.63, 3.8) is 0 Å². The van der Waals surface area contributed by atoms with Crippen LogP contribution in [-0.2, 0) is 0 Å². The van der Waals surface area contributed by atoms with Gasteiger partial charge in [0.05, 0.1) is 0 Å². The molecule has 0 saturated carbocycles. The van der Waals surface area contributed by atoms with Crippen molar-refractivity contribution in [2.75, 3.05) is 6.61 Å². The molecule has 0 rings (SSSR count). The van der Waals surface area contributed by atoms with E-state index >= 15 is 0 Å². The fourth-order valence-corrected chi connectivity index (χ4v) is 0.667. The van der Waals surface area contributed by atoms with Crippen LogP contribution in [0.5, 0.6) is 0 Å². The maximum atomic E-state index is 7.57. The van der Waals surface area contributed by atoms with E-state index in [9.17, 15) is 0 Å². The topological polar surface area (TPSA) is 32.3 Å². The van der Waals surface area contributed by atoms with Gasteiger partial charge in [-0.1, -0.05) is 27.7 Å². The molecule has 0 aromatic heterocycles. The minimum Gasteiger partial charge on any atom is -0.397 e. The molecule has 0 radical (unpaired) electrons. The highest BCUT2D eigenvalue weighted by Crippen LogP contribution is 1.80. The Bertz CT molecular complexity index is 47.2. The molecule has 0 bridgehead atoms. The zero-order valence-electron chi connectivity index (χ0n) is 7.81. The normalized spacial score (nSPS) is 9.60. The molecule has 0 unspecified atom stereocenters. The molecule has 0 aliphatic rings. The van der Waals surface area contributed by atoms with Crippen molar-refractivity contribution in [3.8, 4) is 0 Å². The van der Waals surface area contributed by atoms with Crippen molar-refractivity contribution >= 4 is 0 Å². The van der Waals surface area contributed by atoms with Crippen LogP contribution >= 0.6 is 0 Å². The largest absolute Gasteiger partial charge is 0.397 e. The first-order valence-corrected chi connectivity index (χ1v) is 3.91. The van der Waals surface area contributed by atoms with E-state index in [2.05, 4.69) is 33.0 Å². The fourth-order valence-electron chi connectivity index (χ4n) is 0.667. The van der Waals surface area contributed by atoms with E-state index in [0.29, 0.717) is 12.1 Å². The summed E-state index contributed by atoms with van der Waals surface area (Å²) in [5, 5.41) is 10.9. The summed E-state index contributed by atoms with van der Waals surface area (Å²) >= 11 is 0. The highest BCUT2D eigenvalue weighted by atomic mass is 16.2. The van der Waals surface area contributed by atoms with E-state index in [1.54, 1.807) is 6.92 Å². The highest BCUT2D eigenvalue weighted by Gasteiger charge is 1.92. The Morgan fingerprint density at radius 2 is 1.30 bits per heavy atom. The Labute approximate surface area is 64.6 Å². The molecule has 0 saturated heterocycles. The van der Waals surface area contributed by atoms with E-state index in [4.69, 9.17) is 5.11 Å². The van der Waals surface area contributed by atoms with Gasteiger partial charge >= 0.3 is 0 Å². The third kappa shape index (κ3) is 24.7. The number of nitrogens with one attached hydrogen (secondary N) is 1. The molecule has 0 aromatic carbocycles. The van der Waals surface area contributed by atoms with E-state index in [-0.39, 0.29) is 6.61 Å². The fraction of sp³-hybridized carbons (Fsp3) is 1.00. The average molecular weight is 147 g/mol. The van der Waals surface area contributed by atoms with E-state index in [1.165, 1.54) is 0 Å². The first-order chi connectivity index (χ1) is 4.54. The molecule has 0 spiro atoms. The summed E-state index contributed by atoms with van der Waals surface area (Å²) in [6, 6.07) is 1.25. The van der Waals surface area contributed by atoms with Crippen molar-refractivity contribution in [1.29, 1.82) is 0 Å². The van der Waals surface area contributed by atoms with Crippen molar-refractivity contribution in [1.82, 2.24) is 5.32 Å². The third-order valence-corrected chi connectivity index (χ3v) is 0.667. The zero-order chi connectivity index (χ0) is 8.57. The number of aliphatic hydroxyl groups excluding tert-OH is 1. The Hall–Kier alpha value is -0.0800. The van der Waals surface area contributed by atoms with Crippen molar-refractivity contribution in [2.45, 2.75) is 46.7 Å². The van der Waals surface area contributed by atoms with Crippen LogP contribution in [0.3, 0.4) is 0 Å².